The fourth-order valence-corrected chi connectivity index (χ4v) is 1.92. The molecule has 2 amide bonds. The number of aromatic nitrogens is 1. The molecule has 0 aromatic carbocycles. The fraction of sp³-hybridized carbons (Fsp3) is 0.667. The summed E-state index contributed by atoms with van der Waals surface area (Å²) in [5, 5.41) is 9.62. The third-order valence-electron chi connectivity index (χ3n) is 2.90. The average molecular weight is 253 g/mol. The second-order valence-corrected chi connectivity index (χ2v) is 4.47. The molecule has 1 aliphatic heterocycles. The number of carbonyl (C=O) groups excluding carboxylic acids is 1. The van der Waals surface area contributed by atoms with Gasteiger partial charge in [-0.2, -0.15) is 0 Å². The minimum atomic E-state index is -0.123. The minimum Gasteiger partial charge on any atom is -0.381 e. The Morgan fingerprint density at radius 3 is 2.94 bits per heavy atom. The minimum absolute atomic E-state index is 0.123. The lowest BCUT2D eigenvalue weighted by Gasteiger charge is -2.23. The molecule has 0 aliphatic carbocycles. The third-order valence-corrected chi connectivity index (χ3v) is 2.90. The highest BCUT2D eigenvalue weighted by Crippen LogP contribution is 2.05. The van der Waals surface area contributed by atoms with E-state index in [4.69, 9.17) is 9.26 Å². The number of hydrogen-bond acceptors (Lipinski definition) is 4. The highest BCUT2D eigenvalue weighted by molar-refractivity contribution is 5.74. The van der Waals surface area contributed by atoms with Crippen LogP contribution >= 0.6 is 0 Å². The molecule has 18 heavy (non-hydrogen) atoms. The van der Waals surface area contributed by atoms with Crippen molar-refractivity contribution in [2.45, 2.75) is 32.2 Å². The topological polar surface area (TPSA) is 76.4 Å². The number of ether oxygens (including phenoxy) is 1. The van der Waals surface area contributed by atoms with E-state index in [9.17, 15) is 4.79 Å². The second-order valence-electron chi connectivity index (χ2n) is 4.47. The number of amides is 2. The molecule has 1 fully saturated rings. The fourth-order valence-electron chi connectivity index (χ4n) is 1.92. The van der Waals surface area contributed by atoms with Crippen molar-refractivity contribution in [1.82, 2.24) is 15.8 Å². The van der Waals surface area contributed by atoms with Gasteiger partial charge in [-0.05, 0) is 19.8 Å². The summed E-state index contributed by atoms with van der Waals surface area (Å²) >= 11 is 0. The molecule has 2 rings (SSSR count). The zero-order valence-electron chi connectivity index (χ0n) is 10.6. The summed E-state index contributed by atoms with van der Waals surface area (Å²) in [6.45, 7) is 3.86. The largest absolute Gasteiger partial charge is 0.381 e. The molecule has 0 radical (unpaired) electrons. The van der Waals surface area contributed by atoms with Gasteiger partial charge in [-0.25, -0.2) is 4.79 Å². The van der Waals surface area contributed by atoms with Crippen LogP contribution in [-0.4, -0.2) is 37.0 Å². The summed E-state index contributed by atoms with van der Waals surface area (Å²) in [4.78, 5) is 11.6. The second kappa shape index (κ2) is 6.39. The number of aryl methyl sites for hydroxylation is 1. The van der Waals surface area contributed by atoms with Crippen molar-refractivity contribution >= 4 is 6.03 Å². The summed E-state index contributed by atoms with van der Waals surface area (Å²) in [6.07, 6.45) is 2.45. The van der Waals surface area contributed by atoms with E-state index in [1.807, 2.05) is 13.0 Å². The molecule has 100 valence electrons. The average Bonchev–Trinajstić information content (AvgIpc) is 2.76. The predicted molar refractivity (Wildman–Crippen MR) is 65.3 cm³/mol. The van der Waals surface area contributed by atoms with Crippen LogP contribution < -0.4 is 10.6 Å². The van der Waals surface area contributed by atoms with Gasteiger partial charge in [-0.15, -0.1) is 0 Å². The maximum atomic E-state index is 11.6. The molecule has 1 aliphatic rings. The van der Waals surface area contributed by atoms with Crippen molar-refractivity contribution in [3.8, 4) is 0 Å². The number of urea groups is 1. The molecule has 0 bridgehead atoms. The van der Waals surface area contributed by atoms with E-state index >= 15 is 0 Å². The van der Waals surface area contributed by atoms with Crippen molar-refractivity contribution in [2.24, 2.45) is 0 Å². The van der Waals surface area contributed by atoms with E-state index < -0.39 is 0 Å². The van der Waals surface area contributed by atoms with Gasteiger partial charge in [0.25, 0.3) is 0 Å². The summed E-state index contributed by atoms with van der Waals surface area (Å²) in [7, 11) is 0. The molecule has 2 heterocycles. The van der Waals surface area contributed by atoms with Crippen LogP contribution in [0.2, 0.25) is 0 Å². The van der Waals surface area contributed by atoms with Crippen LogP contribution in [0.25, 0.3) is 0 Å². The molecule has 0 atom stereocenters. The van der Waals surface area contributed by atoms with Crippen LogP contribution in [-0.2, 0) is 11.2 Å². The quantitative estimate of drug-likeness (QED) is 0.839. The lowest BCUT2D eigenvalue weighted by atomic mass is 10.1. The molecule has 0 spiro atoms. The highest BCUT2D eigenvalue weighted by atomic mass is 16.5. The smallest absolute Gasteiger partial charge is 0.315 e. The lowest BCUT2D eigenvalue weighted by Crippen LogP contribution is -2.44. The summed E-state index contributed by atoms with van der Waals surface area (Å²) < 4.78 is 10.2. The normalized spacial score (nSPS) is 16.5. The Morgan fingerprint density at radius 2 is 2.28 bits per heavy atom. The first-order chi connectivity index (χ1) is 8.74. The first-order valence-corrected chi connectivity index (χ1v) is 6.28. The van der Waals surface area contributed by atoms with E-state index in [1.54, 1.807) is 0 Å². The molecule has 0 saturated carbocycles. The van der Waals surface area contributed by atoms with Crippen molar-refractivity contribution in [3.05, 3.63) is 17.5 Å². The Labute approximate surface area is 106 Å². The van der Waals surface area contributed by atoms with Gasteiger partial charge in [0.1, 0.15) is 5.76 Å². The Morgan fingerprint density at radius 1 is 1.50 bits per heavy atom. The van der Waals surface area contributed by atoms with Crippen LogP contribution in [0.5, 0.6) is 0 Å². The van der Waals surface area contributed by atoms with Crippen LogP contribution in [0, 0.1) is 6.92 Å². The van der Waals surface area contributed by atoms with Crippen LogP contribution in [0.1, 0.15) is 24.3 Å². The van der Waals surface area contributed by atoms with Crippen molar-refractivity contribution in [1.29, 1.82) is 0 Å². The van der Waals surface area contributed by atoms with Gasteiger partial charge in [0.2, 0.25) is 0 Å². The molecule has 0 unspecified atom stereocenters. The first-order valence-electron chi connectivity index (χ1n) is 6.28. The number of rotatable bonds is 4. The van der Waals surface area contributed by atoms with E-state index in [-0.39, 0.29) is 12.1 Å². The summed E-state index contributed by atoms with van der Waals surface area (Å²) in [5.41, 5.74) is 0.860. The zero-order chi connectivity index (χ0) is 12.8. The van der Waals surface area contributed by atoms with E-state index in [0.717, 1.165) is 37.5 Å². The standard InChI is InChI=1S/C12H19N3O3/c1-9-8-11(15-18-9)2-5-13-12(16)14-10-3-6-17-7-4-10/h8,10H,2-7H2,1H3,(H2,13,14,16). The molecular formula is C12H19N3O3. The monoisotopic (exact) mass is 253 g/mol. The van der Waals surface area contributed by atoms with Crippen molar-refractivity contribution < 1.29 is 14.1 Å². The van der Waals surface area contributed by atoms with Crippen molar-refractivity contribution in [3.63, 3.8) is 0 Å². The number of carbonyl (C=O) groups is 1. The van der Waals surface area contributed by atoms with E-state index in [1.165, 1.54) is 0 Å². The van der Waals surface area contributed by atoms with Crippen LogP contribution in [0.4, 0.5) is 4.79 Å². The maximum absolute atomic E-state index is 11.6. The maximum Gasteiger partial charge on any atom is 0.315 e. The van der Waals surface area contributed by atoms with Gasteiger partial charge in [-0.3, -0.25) is 0 Å². The van der Waals surface area contributed by atoms with Gasteiger partial charge < -0.3 is 19.9 Å². The van der Waals surface area contributed by atoms with Gasteiger partial charge in [0.15, 0.2) is 0 Å². The molecule has 6 nitrogen and oxygen atoms in total. The molecular weight excluding hydrogens is 234 g/mol. The van der Waals surface area contributed by atoms with Crippen LogP contribution in [0.3, 0.4) is 0 Å². The van der Waals surface area contributed by atoms with E-state index in [0.29, 0.717) is 13.0 Å². The summed E-state index contributed by atoms with van der Waals surface area (Å²) in [6, 6.07) is 1.98. The Bertz CT molecular complexity index is 386. The van der Waals surface area contributed by atoms with Gasteiger partial charge in [0, 0.05) is 38.3 Å². The van der Waals surface area contributed by atoms with Gasteiger partial charge >= 0.3 is 6.03 Å². The Hall–Kier alpha value is -1.56. The Balaban J connectivity index is 1.62. The molecule has 2 N–H and O–H groups in total. The van der Waals surface area contributed by atoms with Crippen molar-refractivity contribution in [2.75, 3.05) is 19.8 Å². The zero-order valence-corrected chi connectivity index (χ0v) is 10.6. The molecule has 1 saturated heterocycles. The van der Waals surface area contributed by atoms with Gasteiger partial charge in [-0.1, -0.05) is 5.16 Å². The van der Waals surface area contributed by atoms with Crippen LogP contribution in [0.15, 0.2) is 10.6 Å². The van der Waals surface area contributed by atoms with E-state index in [2.05, 4.69) is 15.8 Å². The number of hydrogen-bond donors (Lipinski definition) is 2. The van der Waals surface area contributed by atoms with Gasteiger partial charge in [0.05, 0.1) is 5.69 Å². The molecule has 6 heteroatoms. The predicted octanol–water partition coefficient (Wildman–Crippen LogP) is 1.00. The lowest BCUT2D eigenvalue weighted by molar-refractivity contribution is 0.0801. The Kier molecular flexibility index (Phi) is 4.58. The summed E-state index contributed by atoms with van der Waals surface area (Å²) in [5.74, 6) is 0.789. The molecule has 1 aromatic heterocycles. The molecule has 1 aromatic rings. The highest BCUT2D eigenvalue weighted by Gasteiger charge is 2.15. The SMILES string of the molecule is Cc1cc(CCNC(=O)NC2CCOCC2)no1. The number of nitrogens with zero attached hydrogens (tertiary/aromatic N) is 1. The number of nitrogens with one attached hydrogen (secondary N) is 2. The third kappa shape index (κ3) is 4.03. The first kappa shape index (κ1) is 12.9.